The van der Waals surface area contributed by atoms with Crippen molar-refractivity contribution < 1.29 is 19.2 Å². The topological polar surface area (TPSA) is 92.4 Å². The molecule has 0 aliphatic rings. The van der Waals surface area contributed by atoms with E-state index in [4.69, 9.17) is 9.63 Å². The maximum absolute atomic E-state index is 12.0. The van der Waals surface area contributed by atoms with E-state index in [9.17, 15) is 9.59 Å². The van der Waals surface area contributed by atoms with E-state index in [1.807, 2.05) is 20.8 Å². The summed E-state index contributed by atoms with van der Waals surface area (Å²) in [4.78, 5) is 23.1. The van der Waals surface area contributed by atoms with Crippen LogP contribution >= 0.6 is 0 Å². The molecule has 0 saturated heterocycles. The zero-order valence-corrected chi connectivity index (χ0v) is 12.9. The number of nitrogens with zero attached hydrogens (tertiary/aromatic N) is 1. The van der Waals surface area contributed by atoms with E-state index in [2.05, 4.69) is 10.5 Å². The Hall–Kier alpha value is -1.85. The highest BCUT2D eigenvalue weighted by atomic mass is 16.5. The first-order chi connectivity index (χ1) is 10.0. The molecule has 0 radical (unpaired) electrons. The number of carboxylic acids is 1. The van der Waals surface area contributed by atoms with Gasteiger partial charge >= 0.3 is 5.97 Å². The molecule has 118 valence electrons. The lowest BCUT2D eigenvalue weighted by atomic mass is 9.99. The van der Waals surface area contributed by atoms with Gasteiger partial charge in [0.25, 0.3) is 5.91 Å². The summed E-state index contributed by atoms with van der Waals surface area (Å²) in [5.74, 6) is -1.23. The minimum atomic E-state index is -1.03. The number of carbonyl (C=O) groups is 2. The van der Waals surface area contributed by atoms with Gasteiger partial charge in [0.1, 0.15) is 6.04 Å². The summed E-state index contributed by atoms with van der Waals surface area (Å²) in [7, 11) is 0. The Morgan fingerprint density at radius 2 is 2.00 bits per heavy atom. The Morgan fingerprint density at radius 3 is 2.52 bits per heavy atom. The molecule has 6 nitrogen and oxygen atoms in total. The van der Waals surface area contributed by atoms with Crippen LogP contribution in [0.2, 0.25) is 0 Å². The highest BCUT2D eigenvalue weighted by Crippen LogP contribution is 2.22. The summed E-state index contributed by atoms with van der Waals surface area (Å²) in [6.07, 6.45) is 3.86. The number of nitrogens with one attached hydrogen (secondary N) is 1. The SMILES string of the molecule is CCCC[C@H](NC(=O)c1cc(C(CC)CC)no1)C(=O)O. The maximum atomic E-state index is 12.0. The molecular weight excluding hydrogens is 272 g/mol. The second-order valence-corrected chi connectivity index (χ2v) is 5.14. The molecule has 6 heteroatoms. The van der Waals surface area contributed by atoms with Gasteiger partial charge in [-0.1, -0.05) is 38.8 Å². The molecule has 1 amide bonds. The average molecular weight is 296 g/mol. The average Bonchev–Trinajstić information content (AvgIpc) is 2.94. The zero-order valence-electron chi connectivity index (χ0n) is 12.9. The first-order valence-corrected chi connectivity index (χ1v) is 7.53. The molecule has 1 rings (SSSR count). The summed E-state index contributed by atoms with van der Waals surface area (Å²) in [6, 6.07) is 0.713. The van der Waals surface area contributed by atoms with Crippen molar-refractivity contribution in [2.24, 2.45) is 0 Å². The first kappa shape index (κ1) is 17.2. The second kappa shape index (κ2) is 8.44. The van der Waals surface area contributed by atoms with Crippen LogP contribution in [0, 0.1) is 0 Å². The number of unbranched alkanes of at least 4 members (excludes halogenated alkanes) is 1. The van der Waals surface area contributed by atoms with Crippen molar-refractivity contribution in [3.8, 4) is 0 Å². The molecule has 0 bridgehead atoms. The normalized spacial score (nSPS) is 12.4. The van der Waals surface area contributed by atoms with E-state index in [-0.39, 0.29) is 11.7 Å². The Morgan fingerprint density at radius 1 is 1.33 bits per heavy atom. The quantitative estimate of drug-likeness (QED) is 0.731. The predicted molar refractivity (Wildman–Crippen MR) is 78.2 cm³/mol. The lowest BCUT2D eigenvalue weighted by Gasteiger charge is -2.12. The predicted octanol–water partition coefficient (Wildman–Crippen LogP) is 2.95. The van der Waals surface area contributed by atoms with Gasteiger partial charge in [-0.05, 0) is 19.3 Å². The van der Waals surface area contributed by atoms with Crippen molar-refractivity contribution in [1.29, 1.82) is 0 Å². The Kier molecular flexibility index (Phi) is 6.91. The fourth-order valence-corrected chi connectivity index (χ4v) is 2.19. The van der Waals surface area contributed by atoms with Gasteiger partial charge in [-0.25, -0.2) is 4.79 Å². The Balaban J connectivity index is 2.72. The zero-order chi connectivity index (χ0) is 15.8. The van der Waals surface area contributed by atoms with Gasteiger partial charge < -0.3 is 14.9 Å². The summed E-state index contributed by atoms with van der Waals surface area (Å²) in [5, 5.41) is 15.5. The monoisotopic (exact) mass is 296 g/mol. The summed E-state index contributed by atoms with van der Waals surface area (Å²) < 4.78 is 5.04. The summed E-state index contributed by atoms with van der Waals surface area (Å²) >= 11 is 0. The third-order valence-electron chi connectivity index (χ3n) is 3.61. The minimum Gasteiger partial charge on any atom is -0.480 e. The maximum Gasteiger partial charge on any atom is 0.326 e. The van der Waals surface area contributed by atoms with Crippen LogP contribution in [0.3, 0.4) is 0 Å². The van der Waals surface area contributed by atoms with Crippen LogP contribution in [-0.4, -0.2) is 28.2 Å². The summed E-state index contributed by atoms with van der Waals surface area (Å²) in [5.41, 5.74) is 0.741. The number of hydrogen-bond acceptors (Lipinski definition) is 4. The molecule has 0 spiro atoms. The molecule has 21 heavy (non-hydrogen) atoms. The number of rotatable bonds is 9. The molecule has 0 aliphatic carbocycles. The highest BCUT2D eigenvalue weighted by Gasteiger charge is 2.23. The third-order valence-corrected chi connectivity index (χ3v) is 3.61. The minimum absolute atomic E-state index is 0.0691. The van der Waals surface area contributed by atoms with Gasteiger partial charge in [0.2, 0.25) is 5.76 Å². The van der Waals surface area contributed by atoms with Gasteiger partial charge in [0.15, 0.2) is 0 Å². The molecule has 2 N–H and O–H groups in total. The van der Waals surface area contributed by atoms with Crippen LogP contribution in [0.1, 0.15) is 75.0 Å². The molecule has 1 heterocycles. The number of aromatic nitrogens is 1. The standard InChI is InChI=1S/C15H24N2O4/c1-4-7-8-11(15(19)20)16-14(18)13-9-12(17-21-13)10(5-2)6-3/h9-11H,4-8H2,1-3H3,(H,16,18)(H,19,20)/t11-/m0/s1. The van der Waals surface area contributed by atoms with Gasteiger partial charge in [0, 0.05) is 12.0 Å². The fourth-order valence-electron chi connectivity index (χ4n) is 2.19. The fraction of sp³-hybridized carbons (Fsp3) is 0.667. The van der Waals surface area contributed by atoms with Crippen molar-refractivity contribution in [1.82, 2.24) is 10.5 Å². The number of hydrogen-bond donors (Lipinski definition) is 2. The van der Waals surface area contributed by atoms with Crippen LogP contribution in [0.15, 0.2) is 10.6 Å². The molecule has 1 aromatic rings. The van der Waals surface area contributed by atoms with Crippen molar-refractivity contribution in [3.63, 3.8) is 0 Å². The van der Waals surface area contributed by atoms with Gasteiger partial charge in [0.05, 0.1) is 5.69 Å². The molecule has 0 saturated carbocycles. The largest absolute Gasteiger partial charge is 0.480 e. The molecule has 0 aromatic carbocycles. The molecule has 0 aliphatic heterocycles. The lowest BCUT2D eigenvalue weighted by Crippen LogP contribution is -2.40. The first-order valence-electron chi connectivity index (χ1n) is 7.53. The van der Waals surface area contributed by atoms with Crippen LogP contribution < -0.4 is 5.32 Å². The van der Waals surface area contributed by atoms with E-state index in [0.717, 1.165) is 31.4 Å². The molecule has 1 atom stereocenters. The number of aliphatic carboxylic acids is 1. The van der Waals surface area contributed by atoms with Crippen LogP contribution in [0.25, 0.3) is 0 Å². The van der Waals surface area contributed by atoms with Crippen LogP contribution in [0.5, 0.6) is 0 Å². The van der Waals surface area contributed by atoms with Crippen LogP contribution in [-0.2, 0) is 4.79 Å². The molecular formula is C15H24N2O4. The van der Waals surface area contributed by atoms with E-state index in [1.54, 1.807) is 6.07 Å². The van der Waals surface area contributed by atoms with Crippen molar-refractivity contribution in [3.05, 3.63) is 17.5 Å². The van der Waals surface area contributed by atoms with Crippen molar-refractivity contribution in [2.45, 2.75) is 64.8 Å². The molecule has 0 unspecified atom stereocenters. The van der Waals surface area contributed by atoms with Gasteiger partial charge in [-0.3, -0.25) is 4.79 Å². The number of amides is 1. The lowest BCUT2D eigenvalue weighted by molar-refractivity contribution is -0.139. The third kappa shape index (κ3) is 4.88. The van der Waals surface area contributed by atoms with Gasteiger partial charge in [-0.2, -0.15) is 0 Å². The van der Waals surface area contributed by atoms with E-state index in [0.29, 0.717) is 6.42 Å². The van der Waals surface area contributed by atoms with E-state index in [1.165, 1.54) is 0 Å². The highest BCUT2D eigenvalue weighted by molar-refractivity contribution is 5.94. The van der Waals surface area contributed by atoms with Crippen LogP contribution in [0.4, 0.5) is 0 Å². The van der Waals surface area contributed by atoms with E-state index >= 15 is 0 Å². The second-order valence-electron chi connectivity index (χ2n) is 5.14. The number of carboxylic acid groups (broad SMARTS) is 1. The number of carbonyl (C=O) groups excluding carboxylic acids is 1. The Bertz CT molecular complexity index is 466. The summed E-state index contributed by atoms with van der Waals surface area (Å²) in [6.45, 7) is 6.07. The van der Waals surface area contributed by atoms with Gasteiger partial charge in [-0.15, -0.1) is 0 Å². The van der Waals surface area contributed by atoms with E-state index < -0.39 is 17.9 Å². The van der Waals surface area contributed by atoms with Crippen molar-refractivity contribution >= 4 is 11.9 Å². The molecule has 0 fully saturated rings. The van der Waals surface area contributed by atoms with Crippen molar-refractivity contribution in [2.75, 3.05) is 0 Å². The molecule has 1 aromatic heterocycles. The Labute approximate surface area is 124 Å². The smallest absolute Gasteiger partial charge is 0.326 e.